The van der Waals surface area contributed by atoms with Crippen molar-refractivity contribution >= 4 is 0 Å². The second-order valence-electron chi connectivity index (χ2n) is 2.07. The predicted molar refractivity (Wildman–Crippen MR) is 37.0 cm³/mol. The molecule has 56 valence electrons. The van der Waals surface area contributed by atoms with Gasteiger partial charge in [0.05, 0.1) is 18.2 Å². The second kappa shape index (κ2) is 3.13. The molecule has 0 saturated heterocycles. The molecule has 0 aromatic heterocycles. The number of benzene rings is 1. The van der Waals surface area contributed by atoms with Crippen molar-refractivity contribution in [3.63, 3.8) is 0 Å². The minimum atomic E-state index is -0.459. The molecule has 0 spiro atoms. The van der Waals surface area contributed by atoms with Gasteiger partial charge in [0.15, 0.2) is 0 Å². The Labute approximate surface area is 63.5 Å². The third-order valence-electron chi connectivity index (χ3n) is 1.36. The van der Waals surface area contributed by atoms with Crippen molar-refractivity contribution in [2.75, 3.05) is 0 Å². The topological polar surface area (TPSA) is 44.0 Å². The lowest BCUT2D eigenvalue weighted by Gasteiger charge is -1.97. The molecule has 0 bridgehead atoms. The fraction of sp³-hybridized carbons (Fsp3) is 0.125. The van der Waals surface area contributed by atoms with Crippen molar-refractivity contribution in [1.82, 2.24) is 0 Å². The van der Waals surface area contributed by atoms with Crippen LogP contribution in [0.2, 0.25) is 0 Å². The second-order valence-corrected chi connectivity index (χ2v) is 2.07. The largest absolute Gasteiger partial charge is 0.392 e. The lowest BCUT2D eigenvalue weighted by atomic mass is 10.1. The van der Waals surface area contributed by atoms with Gasteiger partial charge in [0.2, 0.25) is 0 Å². The maximum atomic E-state index is 12.4. The summed E-state index contributed by atoms with van der Waals surface area (Å²) in [5, 5.41) is 17.1. The lowest BCUT2D eigenvalue weighted by molar-refractivity contribution is 0.281. The van der Waals surface area contributed by atoms with Crippen molar-refractivity contribution in [3.05, 3.63) is 35.1 Å². The summed E-state index contributed by atoms with van der Waals surface area (Å²) in [4.78, 5) is 0. The summed E-state index contributed by atoms with van der Waals surface area (Å²) in [5.41, 5.74) is 0.640. The van der Waals surface area contributed by atoms with Crippen LogP contribution in [0.15, 0.2) is 18.2 Å². The fourth-order valence-corrected chi connectivity index (χ4v) is 0.791. The number of aliphatic hydroxyl groups excluding tert-OH is 1. The minimum Gasteiger partial charge on any atom is -0.392 e. The molecule has 11 heavy (non-hydrogen) atoms. The Morgan fingerprint density at radius 3 is 2.82 bits per heavy atom. The van der Waals surface area contributed by atoms with Gasteiger partial charge in [-0.25, -0.2) is 4.39 Å². The highest BCUT2D eigenvalue weighted by Crippen LogP contribution is 2.09. The molecule has 2 nitrogen and oxygen atoms in total. The van der Waals surface area contributed by atoms with E-state index in [0.29, 0.717) is 5.56 Å². The van der Waals surface area contributed by atoms with Gasteiger partial charge in [0.25, 0.3) is 0 Å². The molecular weight excluding hydrogens is 145 g/mol. The molecule has 1 aromatic carbocycles. The maximum absolute atomic E-state index is 12.4. The van der Waals surface area contributed by atoms with E-state index in [4.69, 9.17) is 10.4 Å². The predicted octanol–water partition coefficient (Wildman–Crippen LogP) is 1.19. The Balaban J connectivity index is 3.19. The number of hydrogen-bond acceptors (Lipinski definition) is 2. The number of halogens is 1. The fourth-order valence-electron chi connectivity index (χ4n) is 0.791. The third kappa shape index (κ3) is 1.54. The Morgan fingerprint density at radius 2 is 2.27 bits per heavy atom. The molecule has 0 unspecified atom stereocenters. The zero-order valence-electron chi connectivity index (χ0n) is 5.71. The number of rotatable bonds is 1. The Bertz CT molecular complexity index is 303. The Kier molecular flexibility index (Phi) is 2.19. The van der Waals surface area contributed by atoms with Gasteiger partial charge in [-0.05, 0) is 17.7 Å². The molecule has 0 saturated carbocycles. The van der Waals surface area contributed by atoms with E-state index < -0.39 is 5.82 Å². The first-order valence-electron chi connectivity index (χ1n) is 3.07. The molecule has 3 heteroatoms. The van der Waals surface area contributed by atoms with Crippen LogP contribution in [0, 0.1) is 17.1 Å². The van der Waals surface area contributed by atoms with Gasteiger partial charge in [-0.15, -0.1) is 0 Å². The highest BCUT2D eigenvalue weighted by molar-refractivity contribution is 5.37. The lowest BCUT2D eigenvalue weighted by Crippen LogP contribution is -1.89. The molecule has 0 aliphatic heterocycles. The van der Waals surface area contributed by atoms with Crippen LogP contribution in [0.5, 0.6) is 0 Å². The molecule has 0 atom stereocenters. The average molecular weight is 151 g/mol. The molecule has 1 aromatic rings. The van der Waals surface area contributed by atoms with E-state index in [1.165, 1.54) is 12.1 Å². The van der Waals surface area contributed by atoms with E-state index in [2.05, 4.69) is 0 Å². The molecule has 0 heterocycles. The van der Waals surface area contributed by atoms with E-state index >= 15 is 0 Å². The molecule has 0 aliphatic rings. The quantitative estimate of drug-likeness (QED) is 0.655. The molecule has 0 radical (unpaired) electrons. The number of aliphatic hydroxyl groups is 1. The Morgan fingerprint density at radius 1 is 1.55 bits per heavy atom. The standard InChI is InChI=1S/C8H6FNO/c9-8-2-1-6(5-11)7(3-8)4-10/h1-3,11H,5H2. The maximum Gasteiger partial charge on any atom is 0.124 e. The minimum absolute atomic E-state index is 0.188. The summed E-state index contributed by atoms with van der Waals surface area (Å²) in [6.45, 7) is -0.233. The molecular formula is C8H6FNO. The summed E-state index contributed by atoms with van der Waals surface area (Å²) in [6, 6.07) is 5.50. The molecule has 0 fully saturated rings. The molecule has 0 amide bonds. The van der Waals surface area contributed by atoms with Crippen molar-refractivity contribution in [3.8, 4) is 6.07 Å². The van der Waals surface area contributed by atoms with Crippen molar-refractivity contribution < 1.29 is 9.50 Å². The summed E-state index contributed by atoms with van der Waals surface area (Å²) in [6.07, 6.45) is 0. The Hall–Kier alpha value is -1.40. The van der Waals surface area contributed by atoms with Gasteiger partial charge in [-0.1, -0.05) is 6.07 Å². The third-order valence-corrected chi connectivity index (χ3v) is 1.36. The van der Waals surface area contributed by atoms with Gasteiger partial charge >= 0.3 is 0 Å². The zero-order valence-corrected chi connectivity index (χ0v) is 5.71. The van der Waals surface area contributed by atoms with Crippen LogP contribution >= 0.6 is 0 Å². The monoisotopic (exact) mass is 151 g/mol. The summed E-state index contributed by atoms with van der Waals surface area (Å²) in [5.74, 6) is -0.459. The van der Waals surface area contributed by atoms with Crippen LogP contribution in [0.1, 0.15) is 11.1 Å². The zero-order chi connectivity index (χ0) is 8.27. The number of hydrogen-bond donors (Lipinski definition) is 1. The van der Waals surface area contributed by atoms with E-state index in [9.17, 15) is 4.39 Å². The normalized spacial score (nSPS) is 9.18. The van der Waals surface area contributed by atoms with E-state index in [1.54, 1.807) is 6.07 Å². The summed E-state index contributed by atoms with van der Waals surface area (Å²) in [7, 11) is 0. The van der Waals surface area contributed by atoms with Gasteiger partial charge in [0, 0.05) is 0 Å². The van der Waals surface area contributed by atoms with Crippen LogP contribution in [0.3, 0.4) is 0 Å². The van der Waals surface area contributed by atoms with Crippen LogP contribution < -0.4 is 0 Å². The first-order chi connectivity index (χ1) is 5.27. The van der Waals surface area contributed by atoms with E-state index in [-0.39, 0.29) is 12.2 Å². The summed E-state index contributed by atoms with van der Waals surface area (Å²) >= 11 is 0. The van der Waals surface area contributed by atoms with Crippen molar-refractivity contribution in [2.24, 2.45) is 0 Å². The SMILES string of the molecule is N#Cc1cc(F)ccc1CO. The first kappa shape index (κ1) is 7.70. The average Bonchev–Trinajstić information content (AvgIpc) is 2.04. The van der Waals surface area contributed by atoms with Crippen molar-refractivity contribution in [1.29, 1.82) is 5.26 Å². The number of nitriles is 1. The van der Waals surface area contributed by atoms with Crippen LogP contribution in [0.25, 0.3) is 0 Å². The molecule has 0 aliphatic carbocycles. The smallest absolute Gasteiger partial charge is 0.124 e. The van der Waals surface area contributed by atoms with Crippen LogP contribution in [-0.2, 0) is 6.61 Å². The molecule has 1 rings (SSSR count). The van der Waals surface area contributed by atoms with E-state index in [1.807, 2.05) is 0 Å². The van der Waals surface area contributed by atoms with Crippen LogP contribution in [-0.4, -0.2) is 5.11 Å². The van der Waals surface area contributed by atoms with Gasteiger partial charge in [-0.3, -0.25) is 0 Å². The molecule has 1 N–H and O–H groups in total. The highest BCUT2D eigenvalue weighted by Gasteiger charge is 2.00. The highest BCUT2D eigenvalue weighted by atomic mass is 19.1. The summed E-state index contributed by atoms with van der Waals surface area (Å²) < 4.78 is 12.4. The van der Waals surface area contributed by atoms with Gasteiger partial charge in [-0.2, -0.15) is 5.26 Å². The van der Waals surface area contributed by atoms with E-state index in [0.717, 1.165) is 6.07 Å². The van der Waals surface area contributed by atoms with Gasteiger partial charge in [0.1, 0.15) is 5.82 Å². The van der Waals surface area contributed by atoms with Crippen LogP contribution in [0.4, 0.5) is 4.39 Å². The van der Waals surface area contributed by atoms with Gasteiger partial charge < -0.3 is 5.11 Å². The number of nitrogens with zero attached hydrogens (tertiary/aromatic N) is 1. The first-order valence-corrected chi connectivity index (χ1v) is 3.07. The van der Waals surface area contributed by atoms with Crippen molar-refractivity contribution in [2.45, 2.75) is 6.61 Å².